The predicted octanol–water partition coefficient (Wildman–Crippen LogP) is 3.65. The Bertz CT molecular complexity index is 670. The number of benzene rings is 2. The number of furan rings is 1. The van der Waals surface area contributed by atoms with Crippen molar-refractivity contribution in [2.75, 3.05) is 0 Å². The summed E-state index contributed by atoms with van der Waals surface area (Å²) in [6.45, 7) is 0. The summed E-state index contributed by atoms with van der Waals surface area (Å²) in [7, 11) is 0. The van der Waals surface area contributed by atoms with Gasteiger partial charge in [0.1, 0.15) is 17.5 Å². The second-order valence-corrected chi connectivity index (χ2v) is 4.14. The molecule has 18 heavy (non-hydrogen) atoms. The molecule has 3 aromatic rings. The van der Waals surface area contributed by atoms with Crippen molar-refractivity contribution in [3.63, 3.8) is 0 Å². The number of halogens is 1. The normalized spacial score (nSPS) is 12.8. The molecule has 0 spiro atoms. The highest BCUT2D eigenvalue weighted by atomic mass is 19.1. The molecule has 0 aliphatic rings. The highest BCUT2D eigenvalue weighted by Gasteiger charge is 2.16. The van der Waals surface area contributed by atoms with E-state index >= 15 is 0 Å². The minimum atomic E-state index is -0.811. The van der Waals surface area contributed by atoms with Gasteiger partial charge in [0.25, 0.3) is 0 Å². The second kappa shape index (κ2) is 4.27. The van der Waals surface area contributed by atoms with Crippen LogP contribution < -0.4 is 0 Å². The molecular weight excluding hydrogens is 231 g/mol. The zero-order chi connectivity index (χ0) is 12.5. The lowest BCUT2D eigenvalue weighted by atomic mass is 10.0. The van der Waals surface area contributed by atoms with Crippen LogP contribution in [0.5, 0.6) is 0 Å². The Morgan fingerprint density at radius 2 is 1.72 bits per heavy atom. The molecule has 0 saturated heterocycles. The summed E-state index contributed by atoms with van der Waals surface area (Å²) in [6.07, 6.45) is 0.729. The third-order valence-corrected chi connectivity index (χ3v) is 2.99. The second-order valence-electron chi connectivity index (χ2n) is 4.14. The molecule has 3 heteroatoms. The summed E-state index contributed by atoms with van der Waals surface area (Å²) in [5, 5.41) is 11.2. The van der Waals surface area contributed by atoms with E-state index in [0.717, 1.165) is 11.0 Å². The monoisotopic (exact) mass is 242 g/mol. The lowest BCUT2D eigenvalue weighted by molar-refractivity contribution is 0.220. The Labute approximate surface area is 103 Å². The average molecular weight is 242 g/mol. The quantitative estimate of drug-likeness (QED) is 0.744. The van der Waals surface area contributed by atoms with Crippen molar-refractivity contribution >= 4 is 11.0 Å². The highest BCUT2D eigenvalue weighted by Crippen LogP contribution is 2.30. The molecule has 0 radical (unpaired) electrons. The minimum absolute atomic E-state index is 0.317. The molecule has 1 aromatic heterocycles. The molecule has 0 bridgehead atoms. The van der Waals surface area contributed by atoms with Gasteiger partial charge >= 0.3 is 0 Å². The van der Waals surface area contributed by atoms with Gasteiger partial charge in [-0.3, -0.25) is 0 Å². The van der Waals surface area contributed by atoms with Gasteiger partial charge < -0.3 is 9.52 Å². The van der Waals surface area contributed by atoms with Crippen molar-refractivity contribution in [3.05, 3.63) is 71.7 Å². The molecule has 0 aliphatic heterocycles. The average Bonchev–Trinajstić information content (AvgIpc) is 2.82. The van der Waals surface area contributed by atoms with Gasteiger partial charge in [-0.25, -0.2) is 4.39 Å². The van der Waals surface area contributed by atoms with Crippen LogP contribution in [-0.4, -0.2) is 5.11 Å². The Hall–Kier alpha value is -2.13. The Morgan fingerprint density at radius 3 is 2.50 bits per heavy atom. The summed E-state index contributed by atoms with van der Waals surface area (Å²) in [5.41, 5.74) is 2.06. The summed E-state index contributed by atoms with van der Waals surface area (Å²) < 4.78 is 18.2. The number of fused-ring (bicyclic) bond motifs is 1. The maximum absolute atomic E-state index is 12.8. The van der Waals surface area contributed by atoms with Gasteiger partial charge in [0.2, 0.25) is 0 Å². The van der Waals surface area contributed by atoms with Crippen LogP contribution in [0.2, 0.25) is 0 Å². The van der Waals surface area contributed by atoms with E-state index in [1.807, 2.05) is 24.3 Å². The van der Waals surface area contributed by atoms with E-state index in [2.05, 4.69) is 0 Å². The topological polar surface area (TPSA) is 33.4 Å². The number of hydrogen-bond donors (Lipinski definition) is 1. The Balaban J connectivity index is 2.06. The fraction of sp³-hybridized carbons (Fsp3) is 0.0667. The maximum Gasteiger partial charge on any atom is 0.134 e. The van der Waals surface area contributed by atoms with Gasteiger partial charge in [-0.2, -0.15) is 0 Å². The fourth-order valence-electron chi connectivity index (χ4n) is 2.03. The molecule has 1 N–H and O–H groups in total. The maximum atomic E-state index is 12.8. The van der Waals surface area contributed by atoms with Gasteiger partial charge in [-0.1, -0.05) is 30.3 Å². The summed E-state index contributed by atoms with van der Waals surface area (Å²) >= 11 is 0. The van der Waals surface area contributed by atoms with Crippen LogP contribution >= 0.6 is 0 Å². The number of para-hydroxylation sites is 1. The number of aliphatic hydroxyl groups excluding tert-OH is 1. The molecule has 3 rings (SSSR count). The molecule has 0 fully saturated rings. The first-order chi connectivity index (χ1) is 8.75. The third-order valence-electron chi connectivity index (χ3n) is 2.99. The number of aliphatic hydroxyl groups is 1. The lowest BCUT2D eigenvalue weighted by Gasteiger charge is -2.09. The number of hydrogen-bond acceptors (Lipinski definition) is 2. The van der Waals surface area contributed by atoms with Gasteiger partial charge in [0.15, 0.2) is 0 Å². The molecular formula is C15H11FO2. The zero-order valence-corrected chi connectivity index (χ0v) is 9.51. The molecule has 0 saturated carbocycles. The Morgan fingerprint density at radius 1 is 1.00 bits per heavy atom. The van der Waals surface area contributed by atoms with E-state index in [9.17, 15) is 9.50 Å². The minimum Gasteiger partial charge on any atom is -0.464 e. The lowest BCUT2D eigenvalue weighted by Crippen LogP contribution is -1.98. The predicted molar refractivity (Wildman–Crippen MR) is 66.7 cm³/mol. The Kier molecular flexibility index (Phi) is 2.61. The van der Waals surface area contributed by atoms with Gasteiger partial charge in [0, 0.05) is 10.9 Å². The van der Waals surface area contributed by atoms with Gasteiger partial charge in [-0.05, 0) is 23.8 Å². The first-order valence-electron chi connectivity index (χ1n) is 5.65. The van der Waals surface area contributed by atoms with Crippen LogP contribution in [0.25, 0.3) is 11.0 Å². The third kappa shape index (κ3) is 1.79. The van der Waals surface area contributed by atoms with E-state index in [0.29, 0.717) is 11.1 Å². The van der Waals surface area contributed by atoms with Crippen molar-refractivity contribution in [3.8, 4) is 0 Å². The van der Waals surface area contributed by atoms with E-state index in [4.69, 9.17) is 4.42 Å². The van der Waals surface area contributed by atoms with E-state index in [-0.39, 0.29) is 5.82 Å². The van der Waals surface area contributed by atoms with Gasteiger partial charge in [0.05, 0.1) is 6.26 Å². The van der Waals surface area contributed by atoms with Crippen molar-refractivity contribution in [2.24, 2.45) is 0 Å². The first-order valence-corrected chi connectivity index (χ1v) is 5.65. The smallest absolute Gasteiger partial charge is 0.134 e. The standard InChI is InChI=1S/C15H11FO2/c16-11-7-5-10(6-8-11)15(17)13-9-18-14-4-2-1-3-12(13)14/h1-9,15,17H. The van der Waals surface area contributed by atoms with E-state index in [1.54, 1.807) is 18.4 Å². The first kappa shape index (κ1) is 11.0. The zero-order valence-electron chi connectivity index (χ0n) is 9.51. The molecule has 1 heterocycles. The largest absolute Gasteiger partial charge is 0.464 e. The molecule has 1 unspecified atom stereocenters. The van der Waals surface area contributed by atoms with Crippen molar-refractivity contribution in [2.45, 2.75) is 6.10 Å². The van der Waals surface area contributed by atoms with Crippen molar-refractivity contribution in [1.82, 2.24) is 0 Å². The summed E-state index contributed by atoms with van der Waals surface area (Å²) in [4.78, 5) is 0. The van der Waals surface area contributed by atoms with E-state index < -0.39 is 6.10 Å². The van der Waals surface area contributed by atoms with E-state index in [1.165, 1.54) is 12.1 Å². The SMILES string of the molecule is OC(c1ccc(F)cc1)c1coc2ccccc12. The summed E-state index contributed by atoms with van der Waals surface area (Å²) in [6, 6.07) is 13.3. The fourth-order valence-corrected chi connectivity index (χ4v) is 2.03. The highest BCUT2D eigenvalue weighted by molar-refractivity contribution is 5.81. The molecule has 0 aliphatic carbocycles. The van der Waals surface area contributed by atoms with Crippen LogP contribution in [0.15, 0.2) is 59.2 Å². The van der Waals surface area contributed by atoms with Crippen LogP contribution in [0.1, 0.15) is 17.2 Å². The molecule has 1 atom stereocenters. The molecule has 0 amide bonds. The van der Waals surface area contributed by atoms with Gasteiger partial charge in [-0.15, -0.1) is 0 Å². The summed E-state index contributed by atoms with van der Waals surface area (Å²) in [5.74, 6) is -0.317. The van der Waals surface area contributed by atoms with Crippen molar-refractivity contribution in [1.29, 1.82) is 0 Å². The van der Waals surface area contributed by atoms with Crippen LogP contribution in [0.3, 0.4) is 0 Å². The molecule has 2 nitrogen and oxygen atoms in total. The van der Waals surface area contributed by atoms with Crippen LogP contribution in [0.4, 0.5) is 4.39 Å². The molecule has 2 aromatic carbocycles. The molecule has 90 valence electrons. The van der Waals surface area contributed by atoms with Crippen LogP contribution in [-0.2, 0) is 0 Å². The van der Waals surface area contributed by atoms with Crippen molar-refractivity contribution < 1.29 is 13.9 Å². The number of rotatable bonds is 2. The van der Waals surface area contributed by atoms with Crippen LogP contribution in [0, 0.1) is 5.82 Å².